The lowest BCUT2D eigenvalue weighted by atomic mass is 9.79. The van der Waals surface area contributed by atoms with Crippen molar-refractivity contribution in [2.24, 2.45) is 17.8 Å². The van der Waals surface area contributed by atoms with Gasteiger partial charge in [0.15, 0.2) is 15.6 Å². The number of rotatable bonds is 9. The molecule has 0 aliphatic carbocycles. The first-order chi connectivity index (χ1) is 13.8. The number of carbonyl (C=O) groups excluding carboxylic acids is 2. The highest BCUT2D eigenvalue weighted by atomic mass is 32.2. The highest BCUT2D eigenvalue weighted by Crippen LogP contribution is 2.28. The molecule has 2 atom stereocenters. The Kier molecular flexibility index (Phi) is 7.91. The maximum absolute atomic E-state index is 13.1. The van der Waals surface area contributed by atoms with Crippen molar-refractivity contribution in [1.82, 2.24) is 0 Å². The molecule has 154 valence electrons. The summed E-state index contributed by atoms with van der Waals surface area (Å²) in [5.41, 5.74) is 0.385. The van der Waals surface area contributed by atoms with Gasteiger partial charge >= 0.3 is 5.97 Å². The summed E-state index contributed by atoms with van der Waals surface area (Å²) in [6.07, 6.45) is 1.44. The summed E-state index contributed by atoms with van der Waals surface area (Å²) in [6, 6.07) is 16.5. The van der Waals surface area contributed by atoms with Gasteiger partial charge in [-0.05, 0) is 25.0 Å². The molecule has 0 N–H and O–H groups in total. The molecule has 0 amide bonds. The molecule has 0 radical (unpaired) electrons. The molecule has 0 saturated heterocycles. The standard InChI is InChI=1S/C23H26O5S/c1-4-28-23(25)21(22(24)18-11-7-5-8-12-18)20(17(2)3)15-16-29(26,27)19-13-9-6-10-14-19/h5-17,20-21H,4H2,1-3H3/b16-15+. The second kappa shape index (κ2) is 10.2. The van der Waals surface area contributed by atoms with E-state index in [1.54, 1.807) is 55.5 Å². The van der Waals surface area contributed by atoms with Crippen LogP contribution in [0.15, 0.2) is 77.0 Å². The average molecular weight is 415 g/mol. The molecule has 2 aromatic carbocycles. The Bertz CT molecular complexity index is 947. The minimum Gasteiger partial charge on any atom is -0.465 e. The smallest absolute Gasteiger partial charge is 0.317 e. The quantitative estimate of drug-likeness (QED) is 0.347. The zero-order valence-corrected chi connectivity index (χ0v) is 17.6. The van der Waals surface area contributed by atoms with Crippen molar-refractivity contribution < 1.29 is 22.7 Å². The number of ketones is 1. The van der Waals surface area contributed by atoms with Crippen LogP contribution in [0.25, 0.3) is 0 Å². The van der Waals surface area contributed by atoms with Crippen molar-refractivity contribution in [3.63, 3.8) is 0 Å². The Labute approximate surface area is 172 Å². The van der Waals surface area contributed by atoms with Gasteiger partial charge in [-0.25, -0.2) is 8.42 Å². The highest BCUT2D eigenvalue weighted by molar-refractivity contribution is 7.94. The van der Waals surface area contributed by atoms with Crippen molar-refractivity contribution in [2.75, 3.05) is 6.61 Å². The van der Waals surface area contributed by atoms with Crippen LogP contribution in [0.5, 0.6) is 0 Å². The fourth-order valence-electron chi connectivity index (χ4n) is 3.05. The van der Waals surface area contributed by atoms with Crippen LogP contribution < -0.4 is 0 Å². The third kappa shape index (κ3) is 5.87. The maximum Gasteiger partial charge on any atom is 0.317 e. The first-order valence-corrected chi connectivity index (χ1v) is 11.1. The number of allylic oxidation sites excluding steroid dienone is 1. The second-order valence-electron chi connectivity index (χ2n) is 6.97. The fourth-order valence-corrected chi connectivity index (χ4v) is 4.14. The molecule has 0 bridgehead atoms. The van der Waals surface area contributed by atoms with Gasteiger partial charge in [0.25, 0.3) is 0 Å². The minimum absolute atomic E-state index is 0.133. The van der Waals surface area contributed by atoms with Crippen molar-refractivity contribution in [3.05, 3.63) is 77.7 Å². The lowest BCUT2D eigenvalue weighted by Crippen LogP contribution is -2.35. The van der Waals surface area contributed by atoms with Crippen molar-refractivity contribution in [3.8, 4) is 0 Å². The van der Waals surface area contributed by atoms with Crippen LogP contribution in [0.2, 0.25) is 0 Å². The van der Waals surface area contributed by atoms with Crippen molar-refractivity contribution in [2.45, 2.75) is 25.7 Å². The molecule has 0 saturated carbocycles. The van der Waals surface area contributed by atoms with Gasteiger partial charge in [0.2, 0.25) is 0 Å². The molecule has 5 nitrogen and oxygen atoms in total. The lowest BCUT2D eigenvalue weighted by Gasteiger charge is -2.25. The molecule has 0 heterocycles. The Morgan fingerprint density at radius 3 is 2.03 bits per heavy atom. The molecule has 0 aliphatic rings. The maximum atomic E-state index is 13.1. The van der Waals surface area contributed by atoms with Crippen LogP contribution in [0, 0.1) is 17.8 Å². The average Bonchev–Trinajstić information content (AvgIpc) is 2.71. The normalized spacial score (nSPS) is 13.9. The predicted octanol–water partition coefficient (Wildman–Crippen LogP) is 4.31. The molecule has 2 rings (SSSR count). The van der Waals surface area contributed by atoms with Gasteiger partial charge in [-0.15, -0.1) is 0 Å². The summed E-state index contributed by atoms with van der Waals surface area (Å²) >= 11 is 0. The van der Waals surface area contributed by atoms with Crippen LogP contribution in [0.1, 0.15) is 31.1 Å². The molecule has 0 aliphatic heterocycles. The number of esters is 1. The Morgan fingerprint density at radius 2 is 1.52 bits per heavy atom. The summed E-state index contributed by atoms with van der Waals surface area (Å²) in [4.78, 5) is 25.9. The van der Waals surface area contributed by atoms with Crippen LogP contribution in [-0.4, -0.2) is 26.8 Å². The molecule has 6 heteroatoms. The Hall–Kier alpha value is -2.73. The van der Waals surface area contributed by atoms with Gasteiger partial charge < -0.3 is 4.74 Å². The third-order valence-corrected chi connectivity index (χ3v) is 6.03. The highest BCUT2D eigenvalue weighted by Gasteiger charge is 2.37. The second-order valence-corrected chi connectivity index (χ2v) is 8.80. The van der Waals surface area contributed by atoms with Gasteiger partial charge in [-0.2, -0.15) is 0 Å². The summed E-state index contributed by atoms with van der Waals surface area (Å²) in [6.45, 7) is 5.49. The van der Waals surface area contributed by atoms with Crippen LogP contribution in [-0.2, 0) is 19.4 Å². The number of benzene rings is 2. The number of hydrogen-bond donors (Lipinski definition) is 0. The third-order valence-electron chi connectivity index (χ3n) is 4.59. The summed E-state index contributed by atoms with van der Waals surface area (Å²) < 4.78 is 30.4. The van der Waals surface area contributed by atoms with Crippen LogP contribution in [0.3, 0.4) is 0 Å². The Morgan fingerprint density at radius 1 is 0.966 bits per heavy atom. The fraction of sp³-hybridized carbons (Fsp3) is 0.304. The molecular formula is C23H26O5S. The van der Waals surface area contributed by atoms with E-state index in [2.05, 4.69) is 0 Å². The van der Waals surface area contributed by atoms with Crippen LogP contribution in [0.4, 0.5) is 0 Å². The zero-order valence-electron chi connectivity index (χ0n) is 16.8. The van der Waals surface area contributed by atoms with E-state index in [0.717, 1.165) is 5.41 Å². The Balaban J connectivity index is 2.44. The number of Topliss-reactive ketones (excluding diaryl/α,β-unsaturated/α-hetero) is 1. The molecule has 0 fully saturated rings. The van der Waals surface area contributed by atoms with E-state index in [1.807, 2.05) is 13.8 Å². The SMILES string of the molecule is CCOC(=O)C(C(=O)c1ccccc1)C(/C=C/S(=O)(=O)c1ccccc1)C(C)C. The molecule has 0 aromatic heterocycles. The van der Waals surface area contributed by atoms with Crippen molar-refractivity contribution >= 4 is 21.6 Å². The van der Waals surface area contributed by atoms with Crippen molar-refractivity contribution in [1.29, 1.82) is 0 Å². The van der Waals surface area contributed by atoms with Gasteiger partial charge in [-0.3, -0.25) is 9.59 Å². The number of ether oxygens (including phenoxy) is 1. The molecular weight excluding hydrogens is 388 g/mol. The van der Waals surface area contributed by atoms with Crippen LogP contribution >= 0.6 is 0 Å². The number of hydrogen-bond acceptors (Lipinski definition) is 5. The van der Waals surface area contributed by atoms with Gasteiger partial charge in [0.05, 0.1) is 11.5 Å². The largest absolute Gasteiger partial charge is 0.465 e. The minimum atomic E-state index is -3.69. The van der Waals surface area contributed by atoms with E-state index < -0.39 is 27.6 Å². The van der Waals surface area contributed by atoms with E-state index in [0.29, 0.717) is 5.56 Å². The molecule has 0 spiro atoms. The predicted molar refractivity (Wildman–Crippen MR) is 112 cm³/mol. The monoisotopic (exact) mass is 414 g/mol. The first kappa shape index (κ1) is 22.6. The van der Waals surface area contributed by atoms with E-state index in [-0.39, 0.29) is 23.2 Å². The van der Waals surface area contributed by atoms with Gasteiger partial charge in [-0.1, -0.05) is 68.5 Å². The summed E-state index contributed by atoms with van der Waals surface area (Å²) in [5.74, 6) is -2.97. The van der Waals surface area contributed by atoms with E-state index in [9.17, 15) is 18.0 Å². The topological polar surface area (TPSA) is 77.5 Å². The molecule has 2 aromatic rings. The molecule has 2 unspecified atom stereocenters. The first-order valence-electron chi connectivity index (χ1n) is 9.52. The van der Waals surface area contributed by atoms with E-state index >= 15 is 0 Å². The number of sulfone groups is 1. The van der Waals surface area contributed by atoms with E-state index in [1.165, 1.54) is 18.2 Å². The van der Waals surface area contributed by atoms with Gasteiger partial charge in [0.1, 0.15) is 5.92 Å². The summed E-state index contributed by atoms with van der Waals surface area (Å²) in [7, 11) is -3.69. The summed E-state index contributed by atoms with van der Waals surface area (Å²) in [5, 5.41) is 1.08. The van der Waals surface area contributed by atoms with Gasteiger partial charge in [0, 0.05) is 16.9 Å². The lowest BCUT2D eigenvalue weighted by molar-refractivity contribution is -0.147. The van der Waals surface area contributed by atoms with E-state index in [4.69, 9.17) is 4.74 Å². The molecule has 29 heavy (non-hydrogen) atoms. The zero-order chi connectivity index (χ0) is 21.4. The number of carbonyl (C=O) groups is 2.